The quantitative estimate of drug-likeness (QED) is 0.524. The Morgan fingerprint density at radius 3 is 2.54 bits per heavy atom. The average molecular weight is 512 g/mol. The van der Waals surface area contributed by atoms with Crippen LogP contribution in [0.5, 0.6) is 11.5 Å². The Morgan fingerprint density at radius 1 is 1.03 bits per heavy atom. The number of hydrogen-bond donors (Lipinski definition) is 1. The number of piperazine rings is 1. The van der Waals surface area contributed by atoms with E-state index < -0.39 is 11.6 Å². The van der Waals surface area contributed by atoms with Crippen LogP contribution in [0.25, 0.3) is 10.9 Å². The zero-order valence-corrected chi connectivity index (χ0v) is 21.3. The Hall–Kier alpha value is -3.53. The van der Waals surface area contributed by atoms with Crippen molar-refractivity contribution in [3.63, 3.8) is 0 Å². The maximum Gasteiger partial charge on any atom is 0.236 e. The minimum Gasteiger partial charge on any atom is -0.493 e. The van der Waals surface area contributed by atoms with Crippen LogP contribution in [0.15, 0.2) is 30.6 Å². The van der Waals surface area contributed by atoms with Crippen LogP contribution in [0, 0.1) is 18.6 Å². The van der Waals surface area contributed by atoms with Gasteiger partial charge in [-0.2, -0.15) is 0 Å². The first kappa shape index (κ1) is 25.1. The lowest BCUT2D eigenvalue weighted by molar-refractivity contribution is -0.135. The Labute approximate surface area is 214 Å². The Morgan fingerprint density at radius 2 is 1.81 bits per heavy atom. The second-order valence-corrected chi connectivity index (χ2v) is 9.79. The average Bonchev–Trinajstić information content (AvgIpc) is 2.89. The summed E-state index contributed by atoms with van der Waals surface area (Å²) in [4.78, 5) is 24.8. The summed E-state index contributed by atoms with van der Waals surface area (Å²) >= 11 is 0. The summed E-state index contributed by atoms with van der Waals surface area (Å²) in [6.45, 7) is 3.65. The normalized spacial score (nSPS) is 20.8. The molecule has 1 aliphatic heterocycles. The van der Waals surface area contributed by atoms with Gasteiger partial charge >= 0.3 is 0 Å². The lowest BCUT2D eigenvalue weighted by atomic mass is 9.91. The van der Waals surface area contributed by atoms with E-state index in [1.807, 2.05) is 7.05 Å². The number of methoxy groups -OCH3 is 1. The standard InChI is InChI=1S/C27H31F2N5O3/c1-16-10-17(28)11-22(26(16)29)32-27-20-12-24(23(36-3)13-21(20)30-15-31-27)37-19-6-4-18(5-7-19)34-9-8-33(2)25(35)14-34/h10-13,15,18-19H,4-9,14H2,1-3H3,(H,30,31,32)/t18-,19-. The van der Waals surface area contributed by atoms with Gasteiger partial charge in [0.2, 0.25) is 5.91 Å². The SMILES string of the molecule is COc1cc2ncnc(Nc3cc(F)cc(C)c3F)c2cc1O[C@H]1CC[C@H](N2CCN(C)C(=O)C2)CC1. The molecular weight excluding hydrogens is 480 g/mol. The number of rotatable bonds is 6. The molecule has 0 radical (unpaired) electrons. The number of fused-ring (bicyclic) bond motifs is 1. The molecule has 1 amide bonds. The number of aryl methyl sites for hydroxylation is 1. The molecule has 2 fully saturated rings. The Bertz CT molecular complexity index is 1310. The van der Waals surface area contributed by atoms with Crippen molar-refractivity contribution in [2.45, 2.75) is 44.8 Å². The van der Waals surface area contributed by atoms with Gasteiger partial charge in [0.05, 0.1) is 31.0 Å². The molecule has 1 saturated heterocycles. The first-order valence-corrected chi connectivity index (χ1v) is 12.5. The highest BCUT2D eigenvalue weighted by Crippen LogP contribution is 2.37. The summed E-state index contributed by atoms with van der Waals surface area (Å²) in [5.74, 6) is 0.507. The van der Waals surface area contributed by atoms with Crippen LogP contribution in [-0.4, -0.2) is 71.6 Å². The molecule has 2 aromatic carbocycles. The fourth-order valence-corrected chi connectivity index (χ4v) is 5.16. The molecule has 3 aromatic rings. The topological polar surface area (TPSA) is 79.8 Å². The first-order valence-electron chi connectivity index (χ1n) is 12.5. The van der Waals surface area contributed by atoms with E-state index in [4.69, 9.17) is 9.47 Å². The first-order chi connectivity index (χ1) is 17.8. The fourth-order valence-electron chi connectivity index (χ4n) is 5.16. The van der Waals surface area contributed by atoms with Crippen LogP contribution in [0.4, 0.5) is 20.3 Å². The van der Waals surface area contributed by atoms with Crippen molar-refractivity contribution < 1.29 is 23.0 Å². The zero-order valence-electron chi connectivity index (χ0n) is 21.3. The third-order valence-corrected chi connectivity index (χ3v) is 7.33. The van der Waals surface area contributed by atoms with Gasteiger partial charge in [0, 0.05) is 43.7 Å². The summed E-state index contributed by atoms with van der Waals surface area (Å²) in [6, 6.07) is 6.16. The Balaban J connectivity index is 1.34. The summed E-state index contributed by atoms with van der Waals surface area (Å²) in [5, 5.41) is 3.52. The molecule has 1 aliphatic carbocycles. The van der Waals surface area contributed by atoms with E-state index in [9.17, 15) is 13.6 Å². The van der Waals surface area contributed by atoms with E-state index in [0.717, 1.165) is 50.9 Å². The maximum atomic E-state index is 14.6. The molecule has 2 heterocycles. The highest BCUT2D eigenvalue weighted by molar-refractivity contribution is 5.93. The number of carbonyl (C=O) groups excluding carboxylic acids is 1. The molecule has 37 heavy (non-hydrogen) atoms. The van der Waals surface area contributed by atoms with Crippen LogP contribution in [0.3, 0.4) is 0 Å². The zero-order chi connectivity index (χ0) is 26.1. The number of amides is 1. The second kappa shape index (κ2) is 10.5. The lowest BCUT2D eigenvalue weighted by Gasteiger charge is -2.40. The number of carbonyl (C=O) groups is 1. The highest BCUT2D eigenvalue weighted by Gasteiger charge is 2.31. The lowest BCUT2D eigenvalue weighted by Crippen LogP contribution is -2.53. The summed E-state index contributed by atoms with van der Waals surface area (Å²) in [7, 11) is 3.42. The summed E-state index contributed by atoms with van der Waals surface area (Å²) in [6.07, 6.45) is 4.97. The largest absolute Gasteiger partial charge is 0.493 e. The summed E-state index contributed by atoms with van der Waals surface area (Å²) < 4.78 is 40.5. The van der Waals surface area contributed by atoms with E-state index in [1.165, 1.54) is 13.3 Å². The number of hydrogen-bond acceptors (Lipinski definition) is 7. The van der Waals surface area contributed by atoms with Crippen LogP contribution >= 0.6 is 0 Å². The number of anilines is 2. The monoisotopic (exact) mass is 511 g/mol. The van der Waals surface area contributed by atoms with Gasteiger partial charge in [0.25, 0.3) is 0 Å². The van der Waals surface area contributed by atoms with Crippen LogP contribution in [0.2, 0.25) is 0 Å². The summed E-state index contributed by atoms with van der Waals surface area (Å²) in [5.41, 5.74) is 0.776. The van der Waals surface area contributed by atoms with Crippen molar-refractivity contribution in [3.05, 3.63) is 47.8 Å². The molecule has 2 aliphatic rings. The van der Waals surface area contributed by atoms with Gasteiger partial charge < -0.3 is 19.7 Å². The molecule has 1 aromatic heterocycles. The van der Waals surface area contributed by atoms with Gasteiger partial charge in [0.1, 0.15) is 23.8 Å². The Kier molecular flexibility index (Phi) is 7.10. The predicted octanol–water partition coefficient (Wildman–Crippen LogP) is 4.43. The number of aromatic nitrogens is 2. The van der Waals surface area contributed by atoms with Gasteiger partial charge in [-0.05, 0) is 50.3 Å². The fraction of sp³-hybridized carbons (Fsp3) is 0.444. The van der Waals surface area contributed by atoms with E-state index in [2.05, 4.69) is 20.2 Å². The minimum atomic E-state index is -0.544. The van der Waals surface area contributed by atoms with Crippen molar-refractivity contribution >= 4 is 28.3 Å². The number of nitrogens with zero attached hydrogens (tertiary/aromatic N) is 4. The molecule has 1 saturated carbocycles. The van der Waals surface area contributed by atoms with E-state index in [0.29, 0.717) is 40.8 Å². The van der Waals surface area contributed by atoms with Crippen molar-refractivity contribution in [3.8, 4) is 11.5 Å². The minimum absolute atomic E-state index is 0.00324. The molecule has 0 unspecified atom stereocenters. The van der Waals surface area contributed by atoms with E-state index in [1.54, 1.807) is 24.1 Å². The van der Waals surface area contributed by atoms with Crippen molar-refractivity contribution in [2.24, 2.45) is 0 Å². The molecule has 0 bridgehead atoms. The van der Waals surface area contributed by atoms with Gasteiger partial charge in [0.15, 0.2) is 11.5 Å². The van der Waals surface area contributed by atoms with Crippen LogP contribution in [0.1, 0.15) is 31.2 Å². The van der Waals surface area contributed by atoms with Gasteiger partial charge in [-0.1, -0.05) is 0 Å². The molecule has 196 valence electrons. The number of ether oxygens (including phenoxy) is 2. The molecule has 0 atom stereocenters. The highest BCUT2D eigenvalue weighted by atomic mass is 19.1. The van der Waals surface area contributed by atoms with Crippen molar-refractivity contribution in [2.75, 3.05) is 39.1 Å². The van der Waals surface area contributed by atoms with Crippen molar-refractivity contribution in [1.29, 1.82) is 0 Å². The smallest absolute Gasteiger partial charge is 0.236 e. The van der Waals surface area contributed by atoms with Gasteiger partial charge in [-0.3, -0.25) is 9.69 Å². The van der Waals surface area contributed by atoms with Crippen molar-refractivity contribution in [1.82, 2.24) is 19.8 Å². The van der Waals surface area contributed by atoms with E-state index >= 15 is 0 Å². The third-order valence-electron chi connectivity index (χ3n) is 7.33. The third kappa shape index (κ3) is 5.29. The van der Waals surface area contributed by atoms with E-state index in [-0.39, 0.29) is 23.3 Å². The van der Waals surface area contributed by atoms with Crippen LogP contribution in [-0.2, 0) is 4.79 Å². The van der Waals surface area contributed by atoms with Crippen LogP contribution < -0.4 is 14.8 Å². The maximum absolute atomic E-state index is 14.6. The number of likely N-dealkylation sites (N-methyl/N-ethyl adjacent to an activating group) is 1. The molecule has 0 spiro atoms. The molecule has 8 nitrogen and oxygen atoms in total. The van der Waals surface area contributed by atoms with Gasteiger partial charge in [-0.15, -0.1) is 0 Å². The number of benzene rings is 2. The molecule has 5 rings (SSSR count). The second-order valence-electron chi connectivity index (χ2n) is 9.79. The van der Waals surface area contributed by atoms with Gasteiger partial charge in [-0.25, -0.2) is 18.7 Å². The molecule has 10 heteroatoms. The molecule has 1 N–H and O–H groups in total. The number of halogens is 2. The number of nitrogens with one attached hydrogen (secondary N) is 1. The molecular formula is C27H31F2N5O3. The predicted molar refractivity (Wildman–Crippen MR) is 136 cm³/mol.